The molecule has 1 atom stereocenters. The number of amides is 1. The van der Waals surface area contributed by atoms with Gasteiger partial charge in [-0.05, 0) is 31.5 Å². The molecule has 2 aromatic heterocycles. The van der Waals surface area contributed by atoms with Crippen LogP contribution in [0.2, 0.25) is 0 Å². The Kier molecular flexibility index (Phi) is 8.29. The number of nitrogens with zero attached hydrogens (tertiary/aromatic N) is 2. The fourth-order valence-electron chi connectivity index (χ4n) is 2.67. The number of pyridine rings is 2. The number of carbonyl (C=O) groups excluding carboxylic acids is 2. The van der Waals surface area contributed by atoms with Gasteiger partial charge in [0.05, 0.1) is 6.04 Å². The van der Waals surface area contributed by atoms with E-state index < -0.39 is 30.9 Å². The highest BCUT2D eigenvalue weighted by molar-refractivity contribution is 5.95. The Morgan fingerprint density at radius 2 is 1.84 bits per heavy atom. The number of alkyl halides is 4. The first-order chi connectivity index (χ1) is 14.9. The first-order valence-electron chi connectivity index (χ1n) is 9.95. The molecule has 1 amide bonds. The fourth-order valence-corrected chi connectivity index (χ4v) is 2.67. The van der Waals surface area contributed by atoms with Gasteiger partial charge in [-0.1, -0.05) is 19.9 Å². The van der Waals surface area contributed by atoms with E-state index in [4.69, 9.17) is 0 Å². The Morgan fingerprint density at radius 1 is 1.16 bits per heavy atom. The van der Waals surface area contributed by atoms with Crippen LogP contribution in [0.15, 0.2) is 30.5 Å². The molecule has 0 aliphatic heterocycles. The van der Waals surface area contributed by atoms with Crippen LogP contribution in [0, 0.1) is 12.8 Å². The van der Waals surface area contributed by atoms with Gasteiger partial charge in [0.25, 0.3) is 5.91 Å². The minimum Gasteiger partial charge on any atom is -0.471 e. The van der Waals surface area contributed by atoms with E-state index in [9.17, 15) is 27.2 Å². The fraction of sp³-hybridized carbons (Fsp3) is 0.455. The summed E-state index contributed by atoms with van der Waals surface area (Å²) in [4.78, 5) is 32.8. The molecule has 1 unspecified atom stereocenters. The zero-order chi connectivity index (χ0) is 24.1. The maximum Gasteiger partial charge on any atom is 0.340 e. The molecule has 0 radical (unpaired) electrons. The molecule has 2 rings (SSSR count). The van der Waals surface area contributed by atoms with Crippen molar-refractivity contribution in [2.45, 2.75) is 52.5 Å². The predicted octanol–water partition coefficient (Wildman–Crippen LogP) is 4.32. The monoisotopic (exact) mass is 455 g/mol. The standard InChI is InChI=1S/C22H25F4N3O3/c1-12(2)18(30)9-17-8-16(7-13(3)28-17)20(31)29-14(4)15-5-6-19(27-10-15)32-11-22(25,26)21(23)24/h5-8,10,12,14,21H,9,11H2,1-4H3,(H,29,31). The van der Waals surface area contributed by atoms with Crippen LogP contribution in [0.5, 0.6) is 5.88 Å². The smallest absolute Gasteiger partial charge is 0.340 e. The first kappa shape index (κ1) is 25.2. The van der Waals surface area contributed by atoms with Crippen LogP contribution in [-0.4, -0.2) is 40.6 Å². The SMILES string of the molecule is Cc1cc(C(=O)NC(C)c2ccc(OCC(F)(F)C(F)F)nc2)cc(CC(=O)C(C)C)n1. The minimum atomic E-state index is -4.27. The van der Waals surface area contributed by atoms with E-state index in [-0.39, 0.29) is 24.0 Å². The average Bonchev–Trinajstić information content (AvgIpc) is 2.72. The summed E-state index contributed by atoms with van der Waals surface area (Å²) in [5.41, 5.74) is 2.00. The maximum absolute atomic E-state index is 12.9. The third-order valence-electron chi connectivity index (χ3n) is 4.61. The van der Waals surface area contributed by atoms with E-state index in [2.05, 4.69) is 20.0 Å². The molecular formula is C22H25F4N3O3. The topological polar surface area (TPSA) is 81.2 Å². The van der Waals surface area contributed by atoms with Crippen LogP contribution in [0.1, 0.15) is 54.1 Å². The molecule has 174 valence electrons. The second-order valence-electron chi connectivity index (χ2n) is 7.76. The van der Waals surface area contributed by atoms with E-state index >= 15 is 0 Å². The Hall–Kier alpha value is -3.04. The molecule has 6 nitrogen and oxygen atoms in total. The lowest BCUT2D eigenvalue weighted by atomic mass is 10.0. The Balaban J connectivity index is 2.03. The van der Waals surface area contributed by atoms with E-state index in [1.807, 2.05) is 0 Å². The Bertz CT molecular complexity index is 950. The van der Waals surface area contributed by atoms with Gasteiger partial charge < -0.3 is 10.1 Å². The molecule has 0 fully saturated rings. The summed E-state index contributed by atoms with van der Waals surface area (Å²) in [6.07, 6.45) is -2.41. The molecule has 0 aliphatic carbocycles. The summed E-state index contributed by atoms with van der Waals surface area (Å²) in [7, 11) is 0. The molecule has 0 bridgehead atoms. The van der Waals surface area contributed by atoms with Crippen molar-refractivity contribution in [3.05, 3.63) is 53.0 Å². The second kappa shape index (κ2) is 10.5. The van der Waals surface area contributed by atoms with Crippen molar-refractivity contribution >= 4 is 11.7 Å². The predicted molar refractivity (Wildman–Crippen MR) is 109 cm³/mol. The van der Waals surface area contributed by atoms with Gasteiger partial charge in [-0.2, -0.15) is 8.78 Å². The van der Waals surface area contributed by atoms with Crippen molar-refractivity contribution in [2.75, 3.05) is 6.61 Å². The molecule has 1 N–H and O–H groups in total. The molecular weight excluding hydrogens is 430 g/mol. The number of rotatable bonds is 10. The van der Waals surface area contributed by atoms with Gasteiger partial charge in [0.1, 0.15) is 5.78 Å². The highest BCUT2D eigenvalue weighted by atomic mass is 19.3. The van der Waals surface area contributed by atoms with Gasteiger partial charge in [-0.25, -0.2) is 13.8 Å². The lowest BCUT2D eigenvalue weighted by molar-refractivity contribution is -0.148. The largest absolute Gasteiger partial charge is 0.471 e. The summed E-state index contributed by atoms with van der Waals surface area (Å²) in [5.74, 6) is -5.03. The number of nitrogens with one attached hydrogen (secondary N) is 1. The van der Waals surface area contributed by atoms with Crippen LogP contribution >= 0.6 is 0 Å². The lowest BCUT2D eigenvalue weighted by Crippen LogP contribution is -2.33. The van der Waals surface area contributed by atoms with Crippen molar-refractivity contribution < 1.29 is 31.9 Å². The van der Waals surface area contributed by atoms with Gasteiger partial charge in [0.15, 0.2) is 6.61 Å². The molecule has 2 aromatic rings. The highest BCUT2D eigenvalue weighted by Gasteiger charge is 2.41. The number of halogens is 4. The number of aromatic nitrogens is 2. The van der Waals surface area contributed by atoms with Gasteiger partial charge >= 0.3 is 12.3 Å². The van der Waals surface area contributed by atoms with Crippen molar-refractivity contribution in [2.24, 2.45) is 5.92 Å². The number of hydrogen-bond donors (Lipinski definition) is 1. The summed E-state index contributed by atoms with van der Waals surface area (Å²) < 4.78 is 54.9. The van der Waals surface area contributed by atoms with Crippen LogP contribution in [0.4, 0.5) is 17.6 Å². The summed E-state index contributed by atoms with van der Waals surface area (Å²) in [6, 6.07) is 5.41. The summed E-state index contributed by atoms with van der Waals surface area (Å²) >= 11 is 0. The number of Topliss-reactive ketones (excluding diaryl/α,β-unsaturated/α-hetero) is 1. The molecule has 0 aromatic carbocycles. The van der Waals surface area contributed by atoms with Gasteiger partial charge in [-0.15, -0.1) is 0 Å². The zero-order valence-electron chi connectivity index (χ0n) is 18.2. The van der Waals surface area contributed by atoms with Crippen LogP contribution in [0.3, 0.4) is 0 Å². The van der Waals surface area contributed by atoms with Crippen LogP contribution in [-0.2, 0) is 11.2 Å². The zero-order valence-corrected chi connectivity index (χ0v) is 18.2. The van der Waals surface area contributed by atoms with Crippen LogP contribution < -0.4 is 10.1 Å². The lowest BCUT2D eigenvalue weighted by Gasteiger charge is -2.17. The van der Waals surface area contributed by atoms with Gasteiger partial charge in [0.2, 0.25) is 5.88 Å². The molecule has 0 saturated carbocycles. The van der Waals surface area contributed by atoms with Crippen LogP contribution in [0.25, 0.3) is 0 Å². The maximum atomic E-state index is 12.9. The molecule has 0 saturated heterocycles. The molecule has 32 heavy (non-hydrogen) atoms. The number of ketones is 1. The average molecular weight is 455 g/mol. The second-order valence-corrected chi connectivity index (χ2v) is 7.76. The molecule has 10 heteroatoms. The van der Waals surface area contributed by atoms with Crippen molar-refractivity contribution in [1.82, 2.24) is 15.3 Å². The Morgan fingerprint density at radius 3 is 2.41 bits per heavy atom. The molecule has 0 aliphatic rings. The van der Waals surface area contributed by atoms with E-state index in [0.717, 1.165) is 0 Å². The van der Waals surface area contributed by atoms with Gasteiger partial charge in [-0.3, -0.25) is 14.6 Å². The van der Waals surface area contributed by atoms with E-state index in [1.54, 1.807) is 39.8 Å². The number of ether oxygens (including phenoxy) is 1. The quantitative estimate of drug-likeness (QED) is 0.540. The number of carbonyl (C=O) groups is 2. The van der Waals surface area contributed by atoms with E-state index in [0.29, 0.717) is 22.5 Å². The molecule has 0 spiro atoms. The third-order valence-corrected chi connectivity index (χ3v) is 4.61. The van der Waals surface area contributed by atoms with Crippen molar-refractivity contribution in [3.8, 4) is 5.88 Å². The highest BCUT2D eigenvalue weighted by Crippen LogP contribution is 2.24. The Labute approximate surface area is 183 Å². The number of hydrogen-bond acceptors (Lipinski definition) is 5. The first-order valence-corrected chi connectivity index (χ1v) is 9.95. The van der Waals surface area contributed by atoms with E-state index in [1.165, 1.54) is 18.3 Å². The molecule has 2 heterocycles. The third kappa shape index (κ3) is 7.00. The number of aryl methyl sites for hydroxylation is 1. The van der Waals surface area contributed by atoms with Crippen molar-refractivity contribution in [1.29, 1.82) is 0 Å². The minimum absolute atomic E-state index is 0.0162. The van der Waals surface area contributed by atoms with Crippen molar-refractivity contribution in [3.63, 3.8) is 0 Å². The summed E-state index contributed by atoms with van der Waals surface area (Å²) in [6.45, 7) is 5.51. The normalized spacial score (nSPS) is 12.7. The van der Waals surface area contributed by atoms with Gasteiger partial charge in [0, 0.05) is 41.6 Å². The summed E-state index contributed by atoms with van der Waals surface area (Å²) in [5, 5.41) is 2.78.